The molecule has 1 amide bonds. The lowest BCUT2D eigenvalue weighted by atomic mass is 10.1. The molecule has 0 spiro atoms. The van der Waals surface area contributed by atoms with Gasteiger partial charge in [-0.3, -0.25) is 4.79 Å². The molecule has 0 radical (unpaired) electrons. The molecule has 110 valence electrons. The van der Waals surface area contributed by atoms with Gasteiger partial charge in [-0.05, 0) is 46.3 Å². The SMILES string of the molecule is COc1cc(Cl)ccc1C(=O)Nc1c(N)cc(Br)cc1Br. The highest BCUT2D eigenvalue weighted by Crippen LogP contribution is 2.33. The Bertz CT molecular complexity index is 684. The van der Waals surface area contributed by atoms with Gasteiger partial charge in [0.05, 0.1) is 24.0 Å². The molecule has 0 saturated heterocycles. The van der Waals surface area contributed by atoms with Gasteiger partial charge in [0, 0.05) is 14.0 Å². The third kappa shape index (κ3) is 3.70. The Morgan fingerprint density at radius 3 is 2.62 bits per heavy atom. The molecule has 0 aliphatic carbocycles. The van der Waals surface area contributed by atoms with E-state index in [2.05, 4.69) is 37.2 Å². The first-order chi connectivity index (χ1) is 9.92. The maximum absolute atomic E-state index is 12.4. The number of nitrogens with two attached hydrogens (primary N) is 1. The van der Waals surface area contributed by atoms with Crippen LogP contribution in [0.1, 0.15) is 10.4 Å². The number of hydrogen-bond acceptors (Lipinski definition) is 3. The summed E-state index contributed by atoms with van der Waals surface area (Å²) in [5.74, 6) is 0.0602. The van der Waals surface area contributed by atoms with Crippen molar-refractivity contribution in [1.29, 1.82) is 0 Å². The van der Waals surface area contributed by atoms with Crippen molar-refractivity contribution in [2.45, 2.75) is 0 Å². The molecule has 7 heteroatoms. The molecule has 0 aromatic heterocycles. The Hall–Kier alpha value is -1.24. The number of nitrogens with one attached hydrogen (secondary N) is 1. The Morgan fingerprint density at radius 2 is 2.00 bits per heavy atom. The molecule has 4 nitrogen and oxygen atoms in total. The first-order valence-corrected chi connectivity index (χ1v) is 7.78. The second kappa shape index (κ2) is 6.68. The van der Waals surface area contributed by atoms with Crippen molar-refractivity contribution >= 4 is 60.7 Å². The number of benzene rings is 2. The van der Waals surface area contributed by atoms with Crippen molar-refractivity contribution in [1.82, 2.24) is 0 Å². The zero-order chi connectivity index (χ0) is 15.6. The van der Waals surface area contributed by atoms with Crippen LogP contribution >= 0.6 is 43.5 Å². The average Bonchev–Trinajstić information content (AvgIpc) is 2.42. The van der Waals surface area contributed by atoms with Crippen LogP contribution in [0.2, 0.25) is 5.02 Å². The zero-order valence-corrected chi connectivity index (χ0v) is 14.8. The van der Waals surface area contributed by atoms with E-state index in [1.165, 1.54) is 7.11 Å². The largest absolute Gasteiger partial charge is 0.496 e. The fourth-order valence-corrected chi connectivity index (χ4v) is 3.28. The van der Waals surface area contributed by atoms with E-state index in [0.717, 1.165) is 4.47 Å². The number of halogens is 3. The second-order valence-electron chi connectivity index (χ2n) is 4.15. The number of amides is 1. The Kier molecular flexibility index (Phi) is 5.13. The van der Waals surface area contributed by atoms with E-state index < -0.39 is 0 Å². The fourth-order valence-electron chi connectivity index (χ4n) is 1.76. The highest BCUT2D eigenvalue weighted by molar-refractivity contribution is 9.11. The minimum absolute atomic E-state index is 0.335. The zero-order valence-electron chi connectivity index (χ0n) is 10.9. The van der Waals surface area contributed by atoms with Gasteiger partial charge >= 0.3 is 0 Å². The lowest BCUT2D eigenvalue weighted by Gasteiger charge is -2.13. The molecular weight excluding hydrogens is 423 g/mol. The highest BCUT2D eigenvalue weighted by atomic mass is 79.9. The number of rotatable bonds is 3. The van der Waals surface area contributed by atoms with Crippen LogP contribution in [0.3, 0.4) is 0 Å². The van der Waals surface area contributed by atoms with Crippen molar-refractivity contribution in [3.8, 4) is 5.75 Å². The minimum atomic E-state index is -0.335. The maximum atomic E-state index is 12.4. The smallest absolute Gasteiger partial charge is 0.259 e. The van der Waals surface area contributed by atoms with E-state index in [0.29, 0.717) is 32.2 Å². The van der Waals surface area contributed by atoms with E-state index in [-0.39, 0.29) is 5.91 Å². The van der Waals surface area contributed by atoms with Gasteiger partial charge in [0.15, 0.2) is 0 Å². The van der Waals surface area contributed by atoms with Crippen LogP contribution in [0, 0.1) is 0 Å². The molecule has 2 aromatic rings. The number of ether oxygens (including phenoxy) is 1. The van der Waals surface area contributed by atoms with E-state index >= 15 is 0 Å². The first-order valence-electron chi connectivity index (χ1n) is 5.81. The quantitative estimate of drug-likeness (QED) is 0.688. The summed E-state index contributed by atoms with van der Waals surface area (Å²) in [6.45, 7) is 0. The number of nitrogen functional groups attached to an aromatic ring is 1. The third-order valence-electron chi connectivity index (χ3n) is 2.73. The molecule has 0 unspecified atom stereocenters. The van der Waals surface area contributed by atoms with Crippen molar-refractivity contribution in [3.05, 3.63) is 49.9 Å². The molecule has 0 fully saturated rings. The fraction of sp³-hybridized carbons (Fsp3) is 0.0714. The number of anilines is 2. The van der Waals surface area contributed by atoms with E-state index in [4.69, 9.17) is 22.1 Å². The van der Waals surface area contributed by atoms with Crippen LogP contribution in [0.15, 0.2) is 39.3 Å². The molecule has 0 heterocycles. The third-order valence-corrected chi connectivity index (χ3v) is 4.05. The molecule has 2 rings (SSSR count). The topological polar surface area (TPSA) is 64.3 Å². The Balaban J connectivity index is 2.35. The standard InChI is InChI=1S/C14H11Br2ClN2O2/c1-21-12-6-8(17)2-3-9(12)14(20)19-13-10(16)4-7(15)5-11(13)18/h2-6H,18H2,1H3,(H,19,20). The van der Waals surface area contributed by atoms with E-state index in [1.54, 1.807) is 30.3 Å². The van der Waals surface area contributed by atoms with Crippen molar-refractivity contribution < 1.29 is 9.53 Å². The van der Waals surface area contributed by atoms with Crippen LogP contribution in [0.5, 0.6) is 5.75 Å². The molecular formula is C14H11Br2ClN2O2. The summed E-state index contributed by atoms with van der Waals surface area (Å²) >= 11 is 12.6. The molecule has 0 atom stereocenters. The van der Waals surface area contributed by atoms with Crippen LogP contribution < -0.4 is 15.8 Å². The normalized spacial score (nSPS) is 10.3. The summed E-state index contributed by atoms with van der Waals surface area (Å²) in [4.78, 5) is 12.4. The monoisotopic (exact) mass is 432 g/mol. The first kappa shape index (κ1) is 16.1. The van der Waals surface area contributed by atoms with Gasteiger partial charge in [-0.15, -0.1) is 0 Å². The predicted octanol–water partition coefficient (Wildman–Crippen LogP) is 4.71. The van der Waals surface area contributed by atoms with Crippen LogP contribution in [0.4, 0.5) is 11.4 Å². The summed E-state index contributed by atoms with van der Waals surface area (Å²) in [6.07, 6.45) is 0. The predicted molar refractivity (Wildman–Crippen MR) is 92.2 cm³/mol. The van der Waals surface area contributed by atoms with Gasteiger partial charge in [-0.2, -0.15) is 0 Å². The lowest BCUT2D eigenvalue weighted by Crippen LogP contribution is -2.14. The molecule has 0 aliphatic heterocycles. The van der Waals surface area contributed by atoms with Gasteiger partial charge in [0.1, 0.15) is 5.75 Å². The van der Waals surface area contributed by atoms with Crippen molar-refractivity contribution in [3.63, 3.8) is 0 Å². The summed E-state index contributed by atoms with van der Waals surface area (Å²) in [5, 5.41) is 3.25. The number of hydrogen-bond donors (Lipinski definition) is 2. The van der Waals surface area contributed by atoms with E-state index in [9.17, 15) is 4.79 Å². The maximum Gasteiger partial charge on any atom is 0.259 e. The summed E-state index contributed by atoms with van der Waals surface area (Å²) in [5.41, 5.74) is 7.23. The Labute approximate surface area is 143 Å². The summed E-state index contributed by atoms with van der Waals surface area (Å²) in [7, 11) is 1.48. The molecule has 0 aliphatic rings. The lowest BCUT2D eigenvalue weighted by molar-refractivity contribution is 0.102. The average molecular weight is 435 g/mol. The van der Waals surface area contributed by atoms with Crippen LogP contribution in [0.25, 0.3) is 0 Å². The molecule has 21 heavy (non-hydrogen) atoms. The number of methoxy groups -OCH3 is 1. The van der Waals surface area contributed by atoms with Gasteiger partial charge in [-0.25, -0.2) is 0 Å². The molecule has 3 N–H and O–H groups in total. The molecule has 0 bridgehead atoms. The van der Waals surface area contributed by atoms with Crippen molar-refractivity contribution in [2.75, 3.05) is 18.2 Å². The Morgan fingerprint density at radius 1 is 1.29 bits per heavy atom. The summed E-state index contributed by atoms with van der Waals surface area (Å²) < 4.78 is 6.66. The van der Waals surface area contributed by atoms with Gasteiger partial charge in [0.2, 0.25) is 0 Å². The van der Waals surface area contributed by atoms with Crippen molar-refractivity contribution in [2.24, 2.45) is 0 Å². The summed E-state index contributed by atoms with van der Waals surface area (Å²) in [6, 6.07) is 8.30. The molecule has 0 saturated carbocycles. The van der Waals surface area contributed by atoms with Crippen LogP contribution in [-0.4, -0.2) is 13.0 Å². The minimum Gasteiger partial charge on any atom is -0.496 e. The number of carbonyl (C=O) groups is 1. The van der Waals surface area contributed by atoms with Gasteiger partial charge < -0.3 is 15.8 Å². The number of carbonyl (C=O) groups excluding carboxylic acids is 1. The van der Waals surface area contributed by atoms with Gasteiger partial charge in [0.25, 0.3) is 5.91 Å². The highest BCUT2D eigenvalue weighted by Gasteiger charge is 2.16. The second-order valence-corrected chi connectivity index (χ2v) is 6.36. The van der Waals surface area contributed by atoms with Crippen LogP contribution in [-0.2, 0) is 0 Å². The van der Waals surface area contributed by atoms with Gasteiger partial charge in [-0.1, -0.05) is 27.5 Å². The van der Waals surface area contributed by atoms with E-state index in [1.807, 2.05) is 0 Å². The molecule has 2 aromatic carbocycles.